The van der Waals surface area contributed by atoms with Crippen molar-refractivity contribution < 1.29 is 4.79 Å². The lowest BCUT2D eigenvalue weighted by molar-refractivity contribution is -0.129. The van der Waals surface area contributed by atoms with Gasteiger partial charge in [-0.1, -0.05) is 24.3 Å². The van der Waals surface area contributed by atoms with Crippen LogP contribution in [0.5, 0.6) is 0 Å². The van der Waals surface area contributed by atoms with Crippen LogP contribution in [0.4, 0.5) is 0 Å². The van der Waals surface area contributed by atoms with Crippen molar-refractivity contribution in [3.8, 4) is 5.69 Å². The van der Waals surface area contributed by atoms with E-state index in [1.807, 2.05) is 22.8 Å². The van der Waals surface area contributed by atoms with Gasteiger partial charge in [0.2, 0.25) is 5.91 Å². The molecule has 0 radical (unpaired) electrons. The molecule has 22 heavy (non-hydrogen) atoms. The van der Waals surface area contributed by atoms with E-state index in [2.05, 4.69) is 17.0 Å². The van der Waals surface area contributed by atoms with E-state index in [0.717, 1.165) is 36.3 Å². The maximum Gasteiger partial charge on any atom is 0.255 e. The summed E-state index contributed by atoms with van der Waals surface area (Å²) in [6, 6.07) is 12.0. The van der Waals surface area contributed by atoms with Gasteiger partial charge in [0.05, 0.1) is 17.0 Å². The molecule has 3 aliphatic heterocycles. The van der Waals surface area contributed by atoms with E-state index in [0.29, 0.717) is 0 Å². The lowest BCUT2D eigenvalue weighted by Crippen LogP contribution is -2.41. The third-order valence-corrected chi connectivity index (χ3v) is 6.28. The predicted octanol–water partition coefficient (Wildman–Crippen LogP) is 1.54. The minimum atomic E-state index is -0.158. The molecule has 1 spiro atoms. The minimum absolute atomic E-state index is 0.0234. The monoisotopic (exact) mass is 290 g/mol. The molecule has 2 aromatic rings. The van der Waals surface area contributed by atoms with Crippen molar-refractivity contribution in [3.05, 3.63) is 63.6 Å². The van der Waals surface area contributed by atoms with Gasteiger partial charge in [-0.2, -0.15) is 0 Å². The molecule has 0 unspecified atom stereocenters. The molecule has 4 heterocycles. The first kappa shape index (κ1) is 11.2. The molecule has 1 aromatic carbocycles. The van der Waals surface area contributed by atoms with Gasteiger partial charge in [-0.15, -0.1) is 0 Å². The Labute approximate surface area is 127 Å². The molecule has 3 atom stereocenters. The number of hydrogen-bond acceptors (Lipinski definition) is 2. The van der Waals surface area contributed by atoms with Crippen LogP contribution in [0, 0.1) is 0 Å². The fourth-order valence-electron chi connectivity index (χ4n) is 5.56. The van der Waals surface area contributed by atoms with Gasteiger partial charge in [-0.05, 0) is 30.0 Å². The summed E-state index contributed by atoms with van der Waals surface area (Å²) in [5.41, 5.74) is 4.31. The smallest absolute Gasteiger partial charge is 0.255 e. The molecule has 4 aliphatic rings. The van der Waals surface area contributed by atoms with E-state index in [1.165, 1.54) is 5.56 Å². The molecule has 6 rings (SSSR count). The Kier molecular flexibility index (Phi) is 1.63. The largest absolute Gasteiger partial charge is 0.338 e. The Morgan fingerprint density at radius 2 is 1.95 bits per heavy atom. The Bertz CT molecular complexity index is 944. The van der Waals surface area contributed by atoms with Gasteiger partial charge in [-0.25, -0.2) is 0 Å². The summed E-state index contributed by atoms with van der Waals surface area (Å²) >= 11 is 0. The topological polar surface area (TPSA) is 42.3 Å². The van der Waals surface area contributed by atoms with E-state index in [1.54, 1.807) is 6.07 Å². The summed E-state index contributed by atoms with van der Waals surface area (Å²) in [6.07, 6.45) is 1.84. The van der Waals surface area contributed by atoms with Crippen molar-refractivity contribution in [2.45, 2.75) is 30.2 Å². The fourth-order valence-corrected chi connectivity index (χ4v) is 5.56. The third-order valence-electron chi connectivity index (χ3n) is 6.28. The van der Waals surface area contributed by atoms with Crippen molar-refractivity contribution >= 4 is 5.91 Å². The number of rotatable bonds is 0. The molecular formula is C18H14N2O2. The second kappa shape index (κ2) is 3.19. The van der Waals surface area contributed by atoms with Gasteiger partial charge in [0, 0.05) is 24.3 Å². The molecule has 4 heteroatoms. The maximum absolute atomic E-state index is 12.7. The van der Waals surface area contributed by atoms with Crippen LogP contribution >= 0.6 is 0 Å². The number of carbonyl (C=O) groups is 1. The highest BCUT2D eigenvalue weighted by atomic mass is 16.2. The molecule has 1 amide bonds. The molecule has 0 saturated carbocycles. The van der Waals surface area contributed by atoms with Crippen LogP contribution in [0.3, 0.4) is 0 Å². The molecule has 2 fully saturated rings. The fraction of sp³-hybridized carbons (Fsp3) is 0.333. The molecule has 2 bridgehead atoms. The van der Waals surface area contributed by atoms with E-state index < -0.39 is 0 Å². The number of nitrogens with zero attached hydrogens (tertiary/aromatic N) is 2. The summed E-state index contributed by atoms with van der Waals surface area (Å²) in [7, 11) is 0. The van der Waals surface area contributed by atoms with Crippen molar-refractivity contribution in [2.75, 3.05) is 6.54 Å². The maximum atomic E-state index is 12.7. The number of aromatic nitrogens is 1. The van der Waals surface area contributed by atoms with Gasteiger partial charge in [-0.3, -0.25) is 14.2 Å². The quantitative estimate of drug-likeness (QED) is 0.738. The minimum Gasteiger partial charge on any atom is -0.338 e. The second-order valence-electron chi connectivity index (χ2n) is 6.89. The van der Waals surface area contributed by atoms with Gasteiger partial charge in [0.1, 0.15) is 0 Å². The summed E-state index contributed by atoms with van der Waals surface area (Å²) in [6.45, 7) is 0.816. The van der Waals surface area contributed by atoms with Crippen molar-refractivity contribution in [1.29, 1.82) is 0 Å². The number of benzene rings is 1. The molecule has 2 saturated heterocycles. The van der Waals surface area contributed by atoms with E-state index in [9.17, 15) is 9.59 Å². The zero-order chi connectivity index (χ0) is 14.6. The standard InChI is InChI=1S/C18H14N2O2/c21-15-6-5-10-11-9-14-18(7-8-19(14)17(11)22)12-3-1-2-4-13(12)20(15)16(10)18/h1-6,11,14H,7-9H2/t11-,14-,18+/m1/s1. The van der Waals surface area contributed by atoms with Gasteiger partial charge >= 0.3 is 0 Å². The van der Waals surface area contributed by atoms with Crippen molar-refractivity contribution in [1.82, 2.24) is 9.47 Å². The summed E-state index contributed by atoms with van der Waals surface area (Å²) in [5.74, 6) is 0.213. The Morgan fingerprint density at radius 1 is 1.09 bits per heavy atom. The number of pyridine rings is 1. The normalized spacial score (nSPS) is 32.4. The number of fused-ring (bicyclic) bond motifs is 4. The SMILES string of the molecule is O=C1[C@@H]2C[C@H]3N1CC[C@]31c3ccccc3-n3c1c2ccc3=O. The van der Waals surface area contributed by atoms with Crippen LogP contribution < -0.4 is 5.56 Å². The van der Waals surface area contributed by atoms with Crippen LogP contribution in [-0.4, -0.2) is 28.0 Å². The molecular weight excluding hydrogens is 276 g/mol. The zero-order valence-corrected chi connectivity index (χ0v) is 12.0. The Morgan fingerprint density at radius 3 is 2.86 bits per heavy atom. The average molecular weight is 290 g/mol. The summed E-state index contributed by atoms with van der Waals surface area (Å²) < 4.78 is 1.88. The van der Waals surface area contributed by atoms with Gasteiger partial charge in [0.25, 0.3) is 5.56 Å². The molecule has 0 N–H and O–H groups in total. The van der Waals surface area contributed by atoms with Crippen LogP contribution in [0.25, 0.3) is 5.69 Å². The van der Waals surface area contributed by atoms with Crippen LogP contribution in [0.15, 0.2) is 41.2 Å². The average Bonchev–Trinajstić information content (AvgIpc) is 3.15. The van der Waals surface area contributed by atoms with Crippen LogP contribution in [0.2, 0.25) is 0 Å². The lowest BCUT2D eigenvalue weighted by Gasteiger charge is -2.36. The number of carbonyl (C=O) groups excluding carboxylic acids is 1. The first-order valence-electron chi connectivity index (χ1n) is 7.90. The molecule has 1 aliphatic carbocycles. The van der Waals surface area contributed by atoms with Crippen molar-refractivity contribution in [3.63, 3.8) is 0 Å². The lowest BCUT2D eigenvalue weighted by atomic mass is 9.65. The molecule has 1 aromatic heterocycles. The van der Waals surface area contributed by atoms with E-state index >= 15 is 0 Å². The zero-order valence-electron chi connectivity index (χ0n) is 12.0. The first-order chi connectivity index (χ1) is 10.7. The Hall–Kier alpha value is -2.36. The summed E-state index contributed by atoms with van der Waals surface area (Å²) in [5, 5.41) is 0. The van der Waals surface area contributed by atoms with Crippen LogP contribution in [-0.2, 0) is 10.2 Å². The second-order valence-corrected chi connectivity index (χ2v) is 6.89. The van der Waals surface area contributed by atoms with Crippen LogP contribution in [0.1, 0.15) is 35.6 Å². The molecule has 108 valence electrons. The third kappa shape index (κ3) is 0.901. The first-order valence-corrected chi connectivity index (χ1v) is 7.90. The number of amides is 1. The van der Waals surface area contributed by atoms with E-state index in [4.69, 9.17) is 0 Å². The Balaban J connectivity index is 1.87. The number of para-hydroxylation sites is 1. The van der Waals surface area contributed by atoms with E-state index in [-0.39, 0.29) is 28.8 Å². The highest BCUT2D eigenvalue weighted by Gasteiger charge is 2.65. The van der Waals surface area contributed by atoms with Gasteiger partial charge in [0.15, 0.2) is 0 Å². The van der Waals surface area contributed by atoms with Gasteiger partial charge < -0.3 is 4.90 Å². The predicted molar refractivity (Wildman–Crippen MR) is 80.3 cm³/mol. The highest BCUT2D eigenvalue weighted by molar-refractivity contribution is 5.90. The summed E-state index contributed by atoms with van der Waals surface area (Å²) in [4.78, 5) is 27.4. The molecule has 4 nitrogen and oxygen atoms in total. The number of hydrogen-bond donors (Lipinski definition) is 0. The van der Waals surface area contributed by atoms with Crippen molar-refractivity contribution in [2.24, 2.45) is 0 Å². The highest BCUT2D eigenvalue weighted by Crippen LogP contribution is 2.61.